The average Bonchev–Trinajstić information content (AvgIpc) is 3.24. The van der Waals surface area contributed by atoms with Crippen molar-refractivity contribution in [3.8, 4) is 11.3 Å². The predicted octanol–water partition coefficient (Wildman–Crippen LogP) is 5.05. The molecule has 2 aliphatic rings. The number of nitrogens with zero attached hydrogens (tertiary/aromatic N) is 3. The largest absolute Gasteiger partial charge is 0.370 e. The molecule has 0 spiro atoms. The van der Waals surface area contributed by atoms with Crippen molar-refractivity contribution in [3.05, 3.63) is 48.0 Å². The van der Waals surface area contributed by atoms with Gasteiger partial charge in [0.1, 0.15) is 5.82 Å². The Kier molecular flexibility index (Phi) is 5.48. The van der Waals surface area contributed by atoms with Crippen LogP contribution in [0, 0.1) is 0 Å². The first kappa shape index (κ1) is 17.1. The highest BCUT2D eigenvalue weighted by Gasteiger charge is 2.17. The van der Waals surface area contributed by atoms with Crippen LogP contribution >= 0.6 is 0 Å². The molecule has 2 aromatic rings. The van der Waals surface area contributed by atoms with Crippen molar-refractivity contribution >= 4 is 11.8 Å². The molecule has 4 rings (SSSR count). The molecule has 0 saturated carbocycles. The Balaban J connectivity index is 1.52. The highest BCUT2D eigenvalue weighted by atomic mass is 15.3. The third kappa shape index (κ3) is 4.24. The summed E-state index contributed by atoms with van der Waals surface area (Å²) >= 11 is 0. The van der Waals surface area contributed by atoms with Crippen LogP contribution in [0.15, 0.2) is 48.0 Å². The molecule has 2 heterocycles. The van der Waals surface area contributed by atoms with E-state index in [0.29, 0.717) is 0 Å². The zero-order chi connectivity index (χ0) is 17.6. The first-order valence-electron chi connectivity index (χ1n) is 10.00. The van der Waals surface area contributed by atoms with Gasteiger partial charge in [-0.2, -0.15) is 4.98 Å². The Hall–Kier alpha value is -2.36. The van der Waals surface area contributed by atoms with Gasteiger partial charge in [0, 0.05) is 31.3 Å². The van der Waals surface area contributed by atoms with E-state index >= 15 is 0 Å². The van der Waals surface area contributed by atoms with Gasteiger partial charge in [0.05, 0.1) is 5.69 Å². The van der Waals surface area contributed by atoms with Crippen LogP contribution in [0.25, 0.3) is 11.3 Å². The molecule has 4 heteroatoms. The number of nitrogens with one attached hydrogen (secondary N) is 1. The molecule has 0 atom stereocenters. The van der Waals surface area contributed by atoms with Crippen LogP contribution in [0.3, 0.4) is 0 Å². The van der Waals surface area contributed by atoms with Crippen molar-refractivity contribution in [2.75, 3.05) is 29.9 Å². The van der Waals surface area contributed by atoms with Crippen LogP contribution in [0.2, 0.25) is 0 Å². The molecule has 136 valence electrons. The molecular weight excluding hydrogens is 320 g/mol. The fourth-order valence-electron chi connectivity index (χ4n) is 3.82. The van der Waals surface area contributed by atoms with E-state index in [1.54, 1.807) is 5.57 Å². The summed E-state index contributed by atoms with van der Waals surface area (Å²) in [6.07, 6.45) is 11.2. The summed E-state index contributed by atoms with van der Waals surface area (Å²) in [4.78, 5) is 12.0. The number of anilines is 2. The number of hydrogen-bond acceptors (Lipinski definition) is 4. The van der Waals surface area contributed by atoms with Gasteiger partial charge in [-0.1, -0.05) is 42.0 Å². The summed E-state index contributed by atoms with van der Waals surface area (Å²) in [7, 11) is 0. The summed E-state index contributed by atoms with van der Waals surface area (Å²) in [6, 6.07) is 12.5. The van der Waals surface area contributed by atoms with Crippen LogP contribution in [0.5, 0.6) is 0 Å². The fraction of sp³-hybridized carbons (Fsp3) is 0.455. The van der Waals surface area contributed by atoms with Gasteiger partial charge in [-0.3, -0.25) is 0 Å². The zero-order valence-corrected chi connectivity index (χ0v) is 15.5. The third-order valence-corrected chi connectivity index (χ3v) is 5.31. The van der Waals surface area contributed by atoms with E-state index in [-0.39, 0.29) is 0 Å². The molecule has 0 bridgehead atoms. The number of benzene rings is 1. The summed E-state index contributed by atoms with van der Waals surface area (Å²) in [6.45, 7) is 3.06. The van der Waals surface area contributed by atoms with Crippen molar-refractivity contribution in [2.24, 2.45) is 0 Å². The molecule has 4 nitrogen and oxygen atoms in total. The molecule has 1 N–H and O–H groups in total. The molecule has 1 aliphatic carbocycles. The highest BCUT2D eigenvalue weighted by Crippen LogP contribution is 2.25. The molecular formula is C22H28N4. The highest BCUT2D eigenvalue weighted by molar-refractivity contribution is 5.64. The van der Waals surface area contributed by atoms with Crippen LogP contribution < -0.4 is 10.2 Å². The fourth-order valence-corrected chi connectivity index (χ4v) is 3.82. The van der Waals surface area contributed by atoms with Crippen molar-refractivity contribution in [2.45, 2.75) is 44.9 Å². The van der Waals surface area contributed by atoms with Gasteiger partial charge < -0.3 is 10.2 Å². The molecule has 1 aliphatic heterocycles. The summed E-state index contributed by atoms with van der Waals surface area (Å²) in [5, 5.41) is 3.55. The third-order valence-electron chi connectivity index (χ3n) is 5.31. The van der Waals surface area contributed by atoms with E-state index in [1.807, 2.05) is 6.07 Å². The Morgan fingerprint density at radius 2 is 1.81 bits per heavy atom. The minimum Gasteiger partial charge on any atom is -0.370 e. The van der Waals surface area contributed by atoms with E-state index in [9.17, 15) is 0 Å². The van der Waals surface area contributed by atoms with E-state index < -0.39 is 0 Å². The number of hydrogen-bond donors (Lipinski definition) is 1. The zero-order valence-electron chi connectivity index (χ0n) is 15.5. The quantitative estimate of drug-likeness (QED) is 0.742. The van der Waals surface area contributed by atoms with Crippen LogP contribution in [0.1, 0.15) is 44.9 Å². The van der Waals surface area contributed by atoms with Gasteiger partial charge in [-0.25, -0.2) is 4.98 Å². The minimum absolute atomic E-state index is 0.864. The number of aromatic nitrogens is 2. The molecule has 1 aromatic heterocycles. The molecule has 0 unspecified atom stereocenters. The molecule has 1 saturated heterocycles. The van der Waals surface area contributed by atoms with E-state index in [1.165, 1.54) is 38.5 Å². The van der Waals surface area contributed by atoms with Crippen LogP contribution in [-0.4, -0.2) is 29.6 Å². The first-order chi connectivity index (χ1) is 12.9. The second-order valence-corrected chi connectivity index (χ2v) is 7.28. The molecule has 0 radical (unpaired) electrons. The molecule has 1 fully saturated rings. The monoisotopic (exact) mass is 348 g/mol. The minimum atomic E-state index is 0.864. The number of allylic oxidation sites excluding steroid dienone is 1. The van der Waals surface area contributed by atoms with Gasteiger partial charge in [0.2, 0.25) is 5.95 Å². The lowest BCUT2D eigenvalue weighted by atomic mass is 9.97. The van der Waals surface area contributed by atoms with E-state index in [2.05, 4.69) is 46.6 Å². The van der Waals surface area contributed by atoms with Gasteiger partial charge in [0.25, 0.3) is 0 Å². The van der Waals surface area contributed by atoms with Crippen molar-refractivity contribution in [1.82, 2.24) is 9.97 Å². The summed E-state index contributed by atoms with van der Waals surface area (Å²) in [5.74, 6) is 1.81. The molecule has 0 amide bonds. The van der Waals surface area contributed by atoms with Crippen molar-refractivity contribution < 1.29 is 0 Å². The maximum absolute atomic E-state index is 4.85. The maximum atomic E-state index is 4.85. The Bertz CT molecular complexity index is 748. The molecule has 26 heavy (non-hydrogen) atoms. The van der Waals surface area contributed by atoms with Crippen LogP contribution in [0.4, 0.5) is 11.8 Å². The van der Waals surface area contributed by atoms with Crippen LogP contribution in [-0.2, 0) is 0 Å². The Labute approximate surface area is 156 Å². The van der Waals surface area contributed by atoms with Gasteiger partial charge in [-0.05, 0) is 44.9 Å². The topological polar surface area (TPSA) is 41.1 Å². The van der Waals surface area contributed by atoms with Gasteiger partial charge >= 0.3 is 0 Å². The second kappa shape index (κ2) is 8.35. The normalized spacial score (nSPS) is 17.2. The Morgan fingerprint density at radius 3 is 2.58 bits per heavy atom. The van der Waals surface area contributed by atoms with E-state index in [4.69, 9.17) is 9.97 Å². The molecule has 1 aromatic carbocycles. The van der Waals surface area contributed by atoms with Gasteiger partial charge in [0.15, 0.2) is 0 Å². The maximum Gasteiger partial charge on any atom is 0.227 e. The predicted molar refractivity (Wildman–Crippen MR) is 109 cm³/mol. The lowest BCUT2D eigenvalue weighted by molar-refractivity contribution is 0.679. The first-order valence-corrected chi connectivity index (χ1v) is 10.00. The summed E-state index contributed by atoms with van der Waals surface area (Å²) in [5.41, 5.74) is 3.75. The Morgan fingerprint density at radius 1 is 0.962 bits per heavy atom. The average molecular weight is 348 g/mol. The SMILES string of the molecule is C1=C(CCNc2cc(-c3ccccc3)nc(N3CCCC3)n2)CCCC1. The van der Waals surface area contributed by atoms with Crippen molar-refractivity contribution in [1.29, 1.82) is 0 Å². The summed E-state index contributed by atoms with van der Waals surface area (Å²) < 4.78 is 0. The lowest BCUT2D eigenvalue weighted by Crippen LogP contribution is -2.21. The second-order valence-electron chi connectivity index (χ2n) is 7.28. The standard InChI is InChI=1S/C22H28N4/c1-3-9-18(10-4-1)13-14-23-21-17-20(19-11-5-2-6-12-19)24-22(25-21)26-15-7-8-16-26/h2,5-6,9,11-12,17H,1,3-4,7-8,10,13-16H2,(H,23,24,25). The smallest absolute Gasteiger partial charge is 0.227 e. The van der Waals surface area contributed by atoms with E-state index in [0.717, 1.165) is 49.1 Å². The van der Waals surface area contributed by atoms with Crippen molar-refractivity contribution in [3.63, 3.8) is 0 Å². The lowest BCUT2D eigenvalue weighted by Gasteiger charge is -2.18. The number of rotatable bonds is 6. The van der Waals surface area contributed by atoms with Gasteiger partial charge in [-0.15, -0.1) is 0 Å².